The van der Waals surface area contributed by atoms with Crippen molar-refractivity contribution in [3.05, 3.63) is 38.4 Å². The van der Waals surface area contributed by atoms with Gasteiger partial charge in [-0.3, -0.25) is 25.7 Å². The Morgan fingerprint density at radius 2 is 1.95 bits per heavy atom. The smallest absolute Gasteiger partial charge is 0.595 e. The van der Waals surface area contributed by atoms with Gasteiger partial charge in [-0.05, 0) is 13.0 Å². The minimum absolute atomic E-state index is 0. The topological polar surface area (TPSA) is 151 Å². The maximum atomic E-state index is 10.8. The maximum Gasteiger partial charge on any atom is 1.00 e. The Bertz CT molecular complexity index is 608. The average Bonchev–Trinajstić information content (AvgIpc) is 2.35. The Labute approximate surface area is 141 Å². The van der Waals surface area contributed by atoms with E-state index in [1.165, 1.54) is 6.92 Å². The first-order chi connectivity index (χ1) is 9.31. The van der Waals surface area contributed by atoms with Crippen LogP contribution in [0.2, 0.25) is 0 Å². The largest absolute Gasteiger partial charge is 1.00 e. The molecule has 0 amide bonds. The molecule has 0 aliphatic carbocycles. The van der Waals surface area contributed by atoms with Gasteiger partial charge in [-0.15, -0.1) is 0 Å². The van der Waals surface area contributed by atoms with Gasteiger partial charge in [0, 0.05) is 6.07 Å². The number of benzene rings is 1. The van der Waals surface area contributed by atoms with Crippen molar-refractivity contribution in [3.8, 4) is 0 Å². The summed E-state index contributed by atoms with van der Waals surface area (Å²) < 4.78 is 10.5. The van der Waals surface area contributed by atoms with Crippen molar-refractivity contribution in [3.63, 3.8) is 0 Å². The molecule has 0 aliphatic rings. The van der Waals surface area contributed by atoms with E-state index in [1.54, 1.807) is 0 Å². The van der Waals surface area contributed by atoms with E-state index >= 15 is 0 Å². The van der Waals surface area contributed by atoms with Crippen molar-refractivity contribution in [2.45, 2.75) is 6.92 Å². The molecule has 1 atom stereocenters. The van der Waals surface area contributed by atoms with Gasteiger partial charge in [-0.25, -0.2) is 0 Å². The van der Waals surface area contributed by atoms with Crippen LogP contribution in [0.5, 0.6) is 0 Å². The molecule has 106 valence electrons. The van der Waals surface area contributed by atoms with E-state index in [0.717, 1.165) is 18.2 Å². The molecule has 0 heterocycles. The van der Waals surface area contributed by atoms with Crippen LogP contribution >= 0.6 is 8.03 Å². The quantitative estimate of drug-likeness (QED) is 0.217. The van der Waals surface area contributed by atoms with Crippen molar-refractivity contribution in [1.29, 1.82) is 0 Å². The zero-order chi connectivity index (χ0) is 15.3. The van der Waals surface area contributed by atoms with Gasteiger partial charge < -0.3 is 4.89 Å². The van der Waals surface area contributed by atoms with E-state index < -0.39 is 29.2 Å². The molecule has 0 bridgehead atoms. The third kappa shape index (κ3) is 6.23. The minimum Gasteiger partial charge on any atom is -0.595 e. The number of nitro groups is 2. The molecular formula is C9H9N4NaO6P+. The van der Waals surface area contributed by atoms with Crippen LogP contribution in [0.4, 0.5) is 17.1 Å². The first-order valence-electron chi connectivity index (χ1n) is 5.15. The van der Waals surface area contributed by atoms with Gasteiger partial charge >= 0.3 is 43.3 Å². The summed E-state index contributed by atoms with van der Waals surface area (Å²) in [6.45, 7) is 1.43. The molecule has 0 aliphatic heterocycles. The van der Waals surface area contributed by atoms with Crippen LogP contribution < -0.4 is 39.9 Å². The third-order valence-corrected chi connectivity index (χ3v) is 2.83. The van der Waals surface area contributed by atoms with Crippen molar-refractivity contribution in [2.24, 2.45) is 5.10 Å². The summed E-state index contributed by atoms with van der Waals surface area (Å²) in [5.74, 6) is 0. The molecule has 1 unspecified atom stereocenters. The first kappa shape index (κ1) is 19.6. The molecule has 0 spiro atoms. The van der Waals surface area contributed by atoms with Crippen molar-refractivity contribution in [1.82, 2.24) is 0 Å². The fourth-order valence-electron chi connectivity index (χ4n) is 1.26. The maximum absolute atomic E-state index is 10.8. The summed E-state index contributed by atoms with van der Waals surface area (Å²) >= 11 is 0. The van der Waals surface area contributed by atoms with E-state index in [4.69, 9.17) is 0 Å². The standard InChI is InChI=1S/C9H9N4O6P.Na/c1-6(5-20(18)19)10-11-8-3-2-7(12(14)15)4-9(8)13(16)17;/h2-4,11H,5H2,1H3;/q;+1/b10-6+;. The number of anilines is 1. The number of hydrazone groups is 1. The van der Waals surface area contributed by atoms with Crippen LogP contribution in [0.3, 0.4) is 0 Å². The van der Waals surface area contributed by atoms with E-state index in [-0.39, 0.29) is 47.1 Å². The molecule has 0 aromatic heterocycles. The number of rotatable bonds is 6. The molecule has 0 saturated carbocycles. The van der Waals surface area contributed by atoms with Crippen molar-refractivity contribution < 1.29 is 48.9 Å². The Morgan fingerprint density at radius 3 is 2.43 bits per heavy atom. The average molecular weight is 323 g/mol. The van der Waals surface area contributed by atoms with Crippen LogP contribution in [-0.4, -0.2) is 21.7 Å². The van der Waals surface area contributed by atoms with Gasteiger partial charge in [-0.2, -0.15) is 5.10 Å². The molecule has 1 aromatic rings. The number of hydrogen-bond donors (Lipinski definition) is 1. The summed E-state index contributed by atoms with van der Waals surface area (Å²) in [5, 5.41) is 25.0. The van der Waals surface area contributed by atoms with Gasteiger partial charge in [0.1, 0.15) is 5.69 Å². The summed E-state index contributed by atoms with van der Waals surface area (Å²) in [6.07, 6.45) is -0.289. The minimum atomic E-state index is -2.65. The molecule has 1 aromatic carbocycles. The Balaban J connectivity index is 0.00000400. The normalized spacial score (nSPS) is 11.3. The van der Waals surface area contributed by atoms with Gasteiger partial charge in [-0.1, -0.05) is 4.57 Å². The van der Waals surface area contributed by atoms with Crippen molar-refractivity contribution in [2.75, 3.05) is 11.6 Å². The van der Waals surface area contributed by atoms with Crippen molar-refractivity contribution >= 4 is 30.8 Å². The zero-order valence-corrected chi connectivity index (χ0v) is 14.1. The third-order valence-electron chi connectivity index (χ3n) is 2.11. The molecule has 0 fully saturated rings. The predicted molar refractivity (Wildman–Crippen MR) is 69.0 cm³/mol. The second-order valence-electron chi connectivity index (χ2n) is 3.67. The monoisotopic (exact) mass is 323 g/mol. The first-order valence-corrected chi connectivity index (χ1v) is 6.51. The van der Waals surface area contributed by atoms with Gasteiger partial charge in [0.15, 0.2) is 6.16 Å². The van der Waals surface area contributed by atoms with Gasteiger partial charge in [0.2, 0.25) is 0 Å². The van der Waals surface area contributed by atoms with Crippen LogP contribution in [0.1, 0.15) is 6.92 Å². The molecule has 21 heavy (non-hydrogen) atoms. The zero-order valence-electron chi connectivity index (χ0n) is 11.2. The summed E-state index contributed by atoms with van der Waals surface area (Å²) in [7, 11) is -2.65. The van der Waals surface area contributed by atoms with Crippen LogP contribution in [0.15, 0.2) is 23.3 Å². The van der Waals surface area contributed by atoms with E-state index in [1.807, 2.05) is 0 Å². The number of nitrogens with zero attached hydrogens (tertiary/aromatic N) is 3. The van der Waals surface area contributed by atoms with Crippen LogP contribution in [0, 0.1) is 20.2 Å². The van der Waals surface area contributed by atoms with E-state index in [2.05, 4.69) is 10.5 Å². The molecule has 0 saturated heterocycles. The van der Waals surface area contributed by atoms with E-state index in [0.29, 0.717) is 0 Å². The summed E-state index contributed by atoms with van der Waals surface area (Å²) in [4.78, 5) is 30.3. The molecule has 0 radical (unpaired) electrons. The molecule has 10 nitrogen and oxygen atoms in total. The summed E-state index contributed by atoms with van der Waals surface area (Å²) in [5.41, 5.74) is 1.51. The van der Waals surface area contributed by atoms with Crippen LogP contribution in [-0.2, 0) is 4.57 Å². The number of non-ortho nitro benzene ring substituents is 1. The number of hydrogen-bond acceptors (Lipinski definition) is 8. The second kappa shape index (κ2) is 8.75. The number of nitro benzene ring substituents is 2. The van der Waals surface area contributed by atoms with E-state index in [9.17, 15) is 29.7 Å². The molecular weight excluding hydrogens is 314 g/mol. The summed E-state index contributed by atoms with van der Waals surface area (Å²) in [6, 6.07) is 3.00. The number of nitrogens with one attached hydrogen (secondary N) is 1. The molecule has 1 N–H and O–H groups in total. The fourth-order valence-corrected chi connectivity index (χ4v) is 1.70. The van der Waals surface area contributed by atoms with Gasteiger partial charge in [0.25, 0.3) is 5.69 Å². The predicted octanol–water partition coefficient (Wildman–Crippen LogP) is -1.60. The van der Waals surface area contributed by atoms with Crippen LogP contribution in [0.25, 0.3) is 0 Å². The SMILES string of the molecule is C/C(C[P+](=O)[O-])=N\Nc1ccc([N+](=O)[O-])cc1[N+](=O)[O-].[Na+]. The Kier molecular flexibility index (Phi) is 8.15. The molecule has 12 heteroatoms. The molecule has 1 rings (SSSR count). The fraction of sp³-hybridized carbons (Fsp3) is 0.222. The van der Waals surface area contributed by atoms with Gasteiger partial charge in [0.05, 0.1) is 21.6 Å². The Hall–Kier alpha value is -1.45. The second-order valence-corrected chi connectivity index (χ2v) is 4.65. The Morgan fingerprint density at radius 1 is 1.33 bits per heavy atom.